The normalized spacial score (nSPS) is 10.9. The van der Waals surface area contributed by atoms with Crippen LogP contribution in [0.5, 0.6) is 0 Å². The summed E-state index contributed by atoms with van der Waals surface area (Å²) >= 11 is 1.52. The third-order valence-corrected chi connectivity index (χ3v) is 4.44. The quantitative estimate of drug-likeness (QED) is 0.629. The number of thioether (sulfide) groups is 1. The summed E-state index contributed by atoms with van der Waals surface area (Å²) in [4.78, 5) is 4.38. The molecular formula is C16H21ClN6OS. The molecule has 2 aromatic heterocycles. The monoisotopic (exact) mass is 380 g/mol. The molecule has 2 N–H and O–H groups in total. The summed E-state index contributed by atoms with van der Waals surface area (Å²) in [5.41, 5.74) is 6.96. The predicted molar refractivity (Wildman–Crippen MR) is 98.7 cm³/mol. The molecule has 0 aliphatic heterocycles. The van der Waals surface area contributed by atoms with Gasteiger partial charge in [-0.1, -0.05) is 61.1 Å². The average molecular weight is 381 g/mol. The molecule has 0 aliphatic rings. The van der Waals surface area contributed by atoms with Crippen molar-refractivity contribution in [2.24, 2.45) is 5.73 Å². The number of hydrogen-bond donors (Lipinski definition) is 1. The highest BCUT2D eigenvalue weighted by molar-refractivity contribution is 7.98. The molecule has 0 unspecified atom stereocenters. The molecule has 1 aromatic carbocycles. The Morgan fingerprint density at radius 3 is 2.60 bits per heavy atom. The highest BCUT2D eigenvalue weighted by Gasteiger charge is 2.15. The molecule has 0 saturated heterocycles. The third kappa shape index (κ3) is 4.81. The molecule has 3 aromatic rings. The van der Waals surface area contributed by atoms with Gasteiger partial charge in [-0.25, -0.2) is 0 Å². The Labute approximate surface area is 156 Å². The van der Waals surface area contributed by atoms with Crippen molar-refractivity contribution in [1.29, 1.82) is 0 Å². The molecule has 0 atom stereocenters. The molecular weight excluding hydrogens is 360 g/mol. The van der Waals surface area contributed by atoms with Gasteiger partial charge in [0, 0.05) is 5.92 Å². The van der Waals surface area contributed by atoms with Gasteiger partial charge in [-0.2, -0.15) is 4.98 Å². The first-order valence-electron chi connectivity index (χ1n) is 7.78. The standard InChI is InChI=1S/C16H20N6OS.ClH/c1-11(2)15-18-14(23-21-15)10-24-16-20-19-13(8-17)22(16)9-12-6-4-3-5-7-12;/h3-7,11H,8-10,17H2,1-2H3;1H. The molecule has 2 heterocycles. The molecule has 9 heteroatoms. The van der Waals surface area contributed by atoms with Crippen LogP contribution >= 0.6 is 24.2 Å². The molecule has 0 saturated carbocycles. The molecule has 0 radical (unpaired) electrons. The molecule has 0 fully saturated rings. The van der Waals surface area contributed by atoms with Crippen LogP contribution in [0, 0.1) is 0 Å². The van der Waals surface area contributed by atoms with E-state index in [9.17, 15) is 0 Å². The third-order valence-electron chi connectivity index (χ3n) is 3.48. The van der Waals surface area contributed by atoms with E-state index in [0.29, 0.717) is 24.7 Å². The van der Waals surface area contributed by atoms with Crippen molar-refractivity contribution in [3.05, 3.63) is 53.4 Å². The van der Waals surface area contributed by atoms with E-state index in [1.54, 1.807) is 0 Å². The summed E-state index contributed by atoms with van der Waals surface area (Å²) in [5, 5.41) is 13.2. The largest absolute Gasteiger partial charge is 0.338 e. The van der Waals surface area contributed by atoms with Gasteiger partial charge in [0.1, 0.15) is 5.82 Å². The minimum Gasteiger partial charge on any atom is -0.338 e. The zero-order valence-corrected chi connectivity index (χ0v) is 15.8. The van der Waals surface area contributed by atoms with Gasteiger partial charge in [-0.05, 0) is 5.56 Å². The van der Waals surface area contributed by atoms with E-state index < -0.39 is 0 Å². The fourth-order valence-electron chi connectivity index (χ4n) is 2.19. The van der Waals surface area contributed by atoms with Gasteiger partial charge < -0.3 is 14.8 Å². The predicted octanol–water partition coefficient (Wildman–Crippen LogP) is 3.01. The van der Waals surface area contributed by atoms with Crippen molar-refractivity contribution in [1.82, 2.24) is 24.9 Å². The van der Waals surface area contributed by atoms with Gasteiger partial charge in [0.25, 0.3) is 0 Å². The van der Waals surface area contributed by atoms with Gasteiger partial charge in [0.05, 0.1) is 18.8 Å². The van der Waals surface area contributed by atoms with Crippen molar-refractivity contribution in [3.63, 3.8) is 0 Å². The molecule has 134 valence electrons. The zero-order chi connectivity index (χ0) is 16.9. The molecule has 3 rings (SSSR count). The maximum atomic E-state index is 5.79. The lowest BCUT2D eigenvalue weighted by molar-refractivity contribution is 0.382. The lowest BCUT2D eigenvalue weighted by Crippen LogP contribution is -2.10. The van der Waals surface area contributed by atoms with E-state index >= 15 is 0 Å². The smallest absolute Gasteiger partial charge is 0.237 e. The number of nitrogens with two attached hydrogens (primary N) is 1. The van der Waals surface area contributed by atoms with Crippen LogP contribution in [-0.4, -0.2) is 24.9 Å². The van der Waals surface area contributed by atoms with Crippen molar-refractivity contribution >= 4 is 24.2 Å². The van der Waals surface area contributed by atoms with Crippen LogP contribution in [0.4, 0.5) is 0 Å². The number of rotatable bonds is 7. The fourth-order valence-corrected chi connectivity index (χ4v) is 2.98. The SMILES string of the molecule is CC(C)c1noc(CSc2nnc(CN)n2Cc2ccccc2)n1.Cl. The highest BCUT2D eigenvalue weighted by Crippen LogP contribution is 2.23. The van der Waals surface area contributed by atoms with Gasteiger partial charge in [-0.3, -0.25) is 0 Å². The summed E-state index contributed by atoms with van der Waals surface area (Å²) < 4.78 is 7.30. The topological polar surface area (TPSA) is 95.6 Å². The molecule has 7 nitrogen and oxygen atoms in total. The van der Waals surface area contributed by atoms with E-state index in [4.69, 9.17) is 10.3 Å². The number of nitrogens with zero attached hydrogens (tertiary/aromatic N) is 5. The van der Waals surface area contributed by atoms with Gasteiger partial charge in [-0.15, -0.1) is 22.6 Å². The zero-order valence-electron chi connectivity index (χ0n) is 14.1. The summed E-state index contributed by atoms with van der Waals surface area (Å²) in [5.74, 6) is 2.87. The van der Waals surface area contributed by atoms with Crippen molar-refractivity contribution < 1.29 is 4.52 Å². The molecule has 0 spiro atoms. The molecule has 25 heavy (non-hydrogen) atoms. The Morgan fingerprint density at radius 1 is 1.20 bits per heavy atom. The number of hydrogen-bond acceptors (Lipinski definition) is 7. The number of aromatic nitrogens is 5. The maximum absolute atomic E-state index is 5.79. The first-order chi connectivity index (χ1) is 11.7. The summed E-state index contributed by atoms with van der Waals surface area (Å²) in [6, 6.07) is 10.2. The summed E-state index contributed by atoms with van der Waals surface area (Å²) in [6.45, 7) is 5.10. The van der Waals surface area contributed by atoms with E-state index in [1.807, 2.05) is 36.6 Å². The van der Waals surface area contributed by atoms with E-state index in [1.165, 1.54) is 17.3 Å². The lowest BCUT2D eigenvalue weighted by atomic mass is 10.2. The van der Waals surface area contributed by atoms with Crippen LogP contribution in [0.2, 0.25) is 0 Å². The maximum Gasteiger partial charge on any atom is 0.237 e. The van der Waals surface area contributed by atoms with Crippen LogP contribution in [0.1, 0.15) is 42.9 Å². The Hall–Kier alpha value is -1.90. The molecule has 0 aliphatic carbocycles. The second kappa shape index (κ2) is 8.98. The Balaban J connectivity index is 0.00000225. The first kappa shape index (κ1) is 19.4. The number of benzene rings is 1. The van der Waals surface area contributed by atoms with E-state index in [2.05, 4.69) is 32.5 Å². The Morgan fingerprint density at radius 2 is 1.96 bits per heavy atom. The van der Waals surface area contributed by atoms with Crippen molar-refractivity contribution in [3.8, 4) is 0 Å². The molecule has 0 bridgehead atoms. The van der Waals surface area contributed by atoms with Crippen LogP contribution in [0.25, 0.3) is 0 Å². The van der Waals surface area contributed by atoms with Crippen molar-refractivity contribution in [2.45, 2.75) is 43.8 Å². The Kier molecular flexibility index (Phi) is 6.98. The average Bonchev–Trinajstić information content (AvgIpc) is 3.21. The second-order valence-electron chi connectivity index (χ2n) is 5.66. The summed E-state index contributed by atoms with van der Waals surface area (Å²) in [7, 11) is 0. The van der Waals surface area contributed by atoms with Gasteiger partial charge in [0.15, 0.2) is 11.0 Å². The fraction of sp³-hybridized carbons (Fsp3) is 0.375. The van der Waals surface area contributed by atoms with Gasteiger partial charge in [0.2, 0.25) is 5.89 Å². The first-order valence-corrected chi connectivity index (χ1v) is 8.77. The Bertz CT molecular complexity index is 789. The van der Waals surface area contributed by atoms with Gasteiger partial charge >= 0.3 is 0 Å². The minimum absolute atomic E-state index is 0. The summed E-state index contributed by atoms with van der Waals surface area (Å²) in [6.07, 6.45) is 0. The second-order valence-corrected chi connectivity index (χ2v) is 6.61. The number of halogens is 1. The van der Waals surface area contributed by atoms with Crippen LogP contribution in [-0.2, 0) is 18.8 Å². The molecule has 0 amide bonds. The minimum atomic E-state index is 0. The van der Waals surface area contributed by atoms with Crippen molar-refractivity contribution in [2.75, 3.05) is 0 Å². The van der Waals surface area contributed by atoms with Crippen LogP contribution in [0.3, 0.4) is 0 Å². The van der Waals surface area contributed by atoms with Crippen LogP contribution in [0.15, 0.2) is 40.0 Å². The lowest BCUT2D eigenvalue weighted by Gasteiger charge is -2.08. The van der Waals surface area contributed by atoms with Crippen LogP contribution < -0.4 is 5.73 Å². The highest BCUT2D eigenvalue weighted by atomic mass is 35.5. The van der Waals surface area contributed by atoms with E-state index in [0.717, 1.165) is 16.8 Å². The van der Waals surface area contributed by atoms with E-state index in [-0.39, 0.29) is 18.3 Å².